The summed E-state index contributed by atoms with van der Waals surface area (Å²) in [6, 6.07) is 10.6. The van der Waals surface area contributed by atoms with Crippen LogP contribution in [0.3, 0.4) is 0 Å². The minimum Gasteiger partial charge on any atom is -0.355 e. The molecule has 0 saturated heterocycles. The molecule has 1 aliphatic carbocycles. The second-order valence-electron chi connectivity index (χ2n) is 5.64. The molecule has 1 aliphatic rings. The summed E-state index contributed by atoms with van der Waals surface area (Å²) in [7, 11) is 0. The fraction of sp³-hybridized carbons (Fsp3) is 0.500. The van der Waals surface area contributed by atoms with Crippen LogP contribution in [-0.2, 0) is 4.79 Å². The van der Waals surface area contributed by atoms with Crippen LogP contribution in [0.1, 0.15) is 31.7 Å². The van der Waals surface area contributed by atoms with Crippen molar-refractivity contribution < 1.29 is 4.79 Å². The van der Waals surface area contributed by atoms with Gasteiger partial charge < -0.3 is 5.32 Å². The van der Waals surface area contributed by atoms with Crippen molar-refractivity contribution in [1.82, 2.24) is 25.5 Å². The zero-order valence-electron chi connectivity index (χ0n) is 13.4. The second kappa shape index (κ2) is 9.08. The van der Waals surface area contributed by atoms with Crippen LogP contribution in [0.15, 0.2) is 40.4 Å². The smallest absolute Gasteiger partial charge is 0.230 e. The monoisotopic (exact) mass is 363 g/mol. The van der Waals surface area contributed by atoms with Gasteiger partial charge in [0.15, 0.2) is 0 Å². The summed E-state index contributed by atoms with van der Waals surface area (Å²) < 4.78 is 1.89. The molecule has 0 bridgehead atoms. The van der Waals surface area contributed by atoms with Gasteiger partial charge in [-0.05, 0) is 35.4 Å². The van der Waals surface area contributed by atoms with E-state index in [9.17, 15) is 4.79 Å². The first-order valence-corrected chi connectivity index (χ1v) is 10.2. The predicted molar refractivity (Wildman–Crippen MR) is 96.2 cm³/mol. The van der Waals surface area contributed by atoms with E-state index in [2.05, 4.69) is 33.0 Å². The number of tetrazole rings is 1. The molecule has 1 amide bonds. The molecule has 128 valence electrons. The van der Waals surface area contributed by atoms with E-state index in [4.69, 9.17) is 0 Å². The average molecular weight is 364 g/mol. The lowest BCUT2D eigenvalue weighted by Crippen LogP contribution is -2.27. The van der Waals surface area contributed by atoms with Gasteiger partial charge in [-0.15, -0.1) is 16.9 Å². The molecule has 1 heterocycles. The Morgan fingerprint density at radius 2 is 2.00 bits per heavy atom. The van der Waals surface area contributed by atoms with Crippen molar-refractivity contribution >= 4 is 29.4 Å². The average Bonchev–Trinajstić information content (AvgIpc) is 3.28. The summed E-state index contributed by atoms with van der Waals surface area (Å²) in [6.07, 6.45) is 4.71. The molecule has 1 aromatic carbocycles. The van der Waals surface area contributed by atoms with Crippen LogP contribution in [0.25, 0.3) is 0 Å². The van der Waals surface area contributed by atoms with E-state index in [0.717, 1.165) is 23.8 Å². The molecule has 1 aromatic heterocycles. The van der Waals surface area contributed by atoms with Crippen molar-refractivity contribution in [3.05, 3.63) is 30.3 Å². The Bertz CT molecular complexity index is 643. The largest absolute Gasteiger partial charge is 0.355 e. The molecular weight excluding hydrogens is 342 g/mol. The fourth-order valence-corrected chi connectivity index (χ4v) is 4.28. The van der Waals surface area contributed by atoms with E-state index in [1.807, 2.05) is 22.9 Å². The van der Waals surface area contributed by atoms with Gasteiger partial charge in [0.1, 0.15) is 0 Å². The lowest BCUT2D eigenvalue weighted by atomic mass is 10.3. The molecule has 1 N–H and O–H groups in total. The van der Waals surface area contributed by atoms with Crippen LogP contribution in [0, 0.1) is 0 Å². The Labute approximate surface area is 150 Å². The standard InChI is InChI=1S/C16H21N5OS2/c22-15(17-10-11-23-14-8-2-1-3-9-14)12-24-16-18-19-20-21(16)13-6-4-5-7-13/h1-3,8-9,13H,4-7,10-12H2,(H,17,22). The first kappa shape index (κ1) is 17.3. The van der Waals surface area contributed by atoms with Crippen molar-refractivity contribution in [2.45, 2.75) is 41.8 Å². The highest BCUT2D eigenvalue weighted by Gasteiger charge is 2.21. The number of carbonyl (C=O) groups is 1. The number of hydrogen-bond donors (Lipinski definition) is 1. The minimum atomic E-state index is 0.0228. The van der Waals surface area contributed by atoms with E-state index in [-0.39, 0.29) is 5.91 Å². The third-order valence-electron chi connectivity index (χ3n) is 3.90. The van der Waals surface area contributed by atoms with E-state index in [0.29, 0.717) is 18.3 Å². The van der Waals surface area contributed by atoms with E-state index >= 15 is 0 Å². The van der Waals surface area contributed by atoms with Crippen molar-refractivity contribution in [1.29, 1.82) is 0 Å². The van der Waals surface area contributed by atoms with Gasteiger partial charge in [0.05, 0.1) is 11.8 Å². The number of rotatable bonds is 8. The van der Waals surface area contributed by atoms with Crippen LogP contribution >= 0.6 is 23.5 Å². The fourth-order valence-electron chi connectivity index (χ4n) is 2.72. The van der Waals surface area contributed by atoms with Gasteiger partial charge in [-0.2, -0.15) is 0 Å². The number of aromatic nitrogens is 4. The van der Waals surface area contributed by atoms with Gasteiger partial charge in [0.25, 0.3) is 0 Å². The third kappa shape index (κ3) is 4.98. The van der Waals surface area contributed by atoms with Crippen LogP contribution in [0.2, 0.25) is 0 Å². The number of nitrogens with zero attached hydrogens (tertiary/aromatic N) is 4. The molecule has 0 unspecified atom stereocenters. The van der Waals surface area contributed by atoms with Crippen molar-refractivity contribution in [2.75, 3.05) is 18.1 Å². The molecule has 0 atom stereocenters. The maximum Gasteiger partial charge on any atom is 0.230 e. The first-order chi connectivity index (χ1) is 11.8. The number of benzene rings is 1. The number of nitrogens with one attached hydrogen (secondary N) is 1. The SMILES string of the molecule is O=C(CSc1nnnn1C1CCCC1)NCCSc1ccccc1. The van der Waals surface area contributed by atoms with Gasteiger partial charge in [-0.3, -0.25) is 4.79 Å². The molecule has 0 radical (unpaired) electrons. The highest BCUT2D eigenvalue weighted by Crippen LogP contribution is 2.31. The number of amides is 1. The molecule has 1 saturated carbocycles. The van der Waals surface area contributed by atoms with E-state index < -0.39 is 0 Å². The molecule has 0 spiro atoms. The quantitative estimate of drug-likeness (QED) is 0.574. The summed E-state index contributed by atoms with van der Waals surface area (Å²) in [6.45, 7) is 0.659. The summed E-state index contributed by atoms with van der Waals surface area (Å²) in [4.78, 5) is 13.2. The predicted octanol–water partition coefficient (Wildman–Crippen LogP) is 2.79. The zero-order chi connectivity index (χ0) is 16.6. The van der Waals surface area contributed by atoms with Crippen LogP contribution in [-0.4, -0.2) is 44.2 Å². The van der Waals surface area contributed by atoms with Gasteiger partial charge in [-0.25, -0.2) is 4.68 Å². The lowest BCUT2D eigenvalue weighted by molar-refractivity contribution is -0.118. The third-order valence-corrected chi connectivity index (χ3v) is 5.85. The zero-order valence-corrected chi connectivity index (χ0v) is 15.1. The summed E-state index contributed by atoms with van der Waals surface area (Å²) >= 11 is 3.15. The Balaban J connectivity index is 1.36. The molecule has 0 aliphatic heterocycles. The Hall–Kier alpha value is -1.54. The minimum absolute atomic E-state index is 0.0228. The van der Waals surface area contributed by atoms with Crippen molar-refractivity contribution in [2.24, 2.45) is 0 Å². The summed E-state index contributed by atoms with van der Waals surface area (Å²) in [5.74, 6) is 1.23. The van der Waals surface area contributed by atoms with Gasteiger partial charge in [-0.1, -0.05) is 42.8 Å². The van der Waals surface area contributed by atoms with Gasteiger partial charge in [0, 0.05) is 17.2 Å². The molecule has 3 rings (SSSR count). The lowest BCUT2D eigenvalue weighted by Gasteiger charge is -2.10. The molecule has 24 heavy (non-hydrogen) atoms. The second-order valence-corrected chi connectivity index (χ2v) is 7.76. The number of hydrogen-bond acceptors (Lipinski definition) is 6. The summed E-state index contributed by atoms with van der Waals surface area (Å²) in [5.41, 5.74) is 0. The van der Waals surface area contributed by atoms with E-state index in [1.165, 1.54) is 29.5 Å². The molecule has 8 heteroatoms. The topological polar surface area (TPSA) is 72.7 Å². The maximum absolute atomic E-state index is 12.0. The van der Waals surface area contributed by atoms with Gasteiger partial charge in [0.2, 0.25) is 11.1 Å². The Morgan fingerprint density at radius 3 is 2.79 bits per heavy atom. The van der Waals surface area contributed by atoms with Crippen LogP contribution < -0.4 is 5.32 Å². The van der Waals surface area contributed by atoms with Crippen molar-refractivity contribution in [3.8, 4) is 0 Å². The molecular formula is C16H21N5OS2. The number of carbonyl (C=O) groups excluding carboxylic acids is 1. The molecule has 2 aromatic rings. The van der Waals surface area contributed by atoms with Gasteiger partial charge >= 0.3 is 0 Å². The summed E-state index contributed by atoms with van der Waals surface area (Å²) in [5, 5.41) is 15.6. The Morgan fingerprint density at radius 1 is 1.21 bits per heavy atom. The number of thioether (sulfide) groups is 2. The normalized spacial score (nSPS) is 14.8. The highest BCUT2D eigenvalue weighted by molar-refractivity contribution is 7.99. The van der Waals surface area contributed by atoms with Crippen LogP contribution in [0.4, 0.5) is 0 Å². The molecule has 1 fully saturated rings. The maximum atomic E-state index is 12.0. The first-order valence-electron chi connectivity index (χ1n) is 8.18. The highest BCUT2D eigenvalue weighted by atomic mass is 32.2. The molecule has 6 nitrogen and oxygen atoms in total. The Kier molecular flexibility index (Phi) is 6.54. The van der Waals surface area contributed by atoms with Crippen LogP contribution in [0.5, 0.6) is 0 Å². The van der Waals surface area contributed by atoms with E-state index in [1.54, 1.807) is 11.8 Å². The van der Waals surface area contributed by atoms with Crippen molar-refractivity contribution in [3.63, 3.8) is 0 Å².